The summed E-state index contributed by atoms with van der Waals surface area (Å²) in [5.74, 6) is -1.25. The summed E-state index contributed by atoms with van der Waals surface area (Å²) in [7, 11) is 0. The third-order valence-electron chi connectivity index (χ3n) is 3.45. The molecule has 0 spiro atoms. The van der Waals surface area contributed by atoms with Crippen molar-refractivity contribution in [2.45, 2.75) is 58.3 Å². The maximum absolute atomic E-state index is 11.5. The Bertz CT molecular complexity index is 429. The second-order valence-corrected chi connectivity index (χ2v) is 5.29. The lowest BCUT2D eigenvalue weighted by Gasteiger charge is -2.13. The largest absolute Gasteiger partial charge is 0.872 e. The van der Waals surface area contributed by atoms with Gasteiger partial charge in [0.1, 0.15) is 5.75 Å². The van der Waals surface area contributed by atoms with Gasteiger partial charge in [0.25, 0.3) is 0 Å². The maximum atomic E-state index is 11.5. The van der Waals surface area contributed by atoms with Gasteiger partial charge in [0.2, 0.25) is 0 Å². The summed E-state index contributed by atoms with van der Waals surface area (Å²) >= 11 is 0. The fourth-order valence-corrected chi connectivity index (χ4v) is 2.20. The van der Waals surface area contributed by atoms with Crippen LogP contribution in [0.15, 0.2) is 18.2 Å². The highest BCUT2D eigenvalue weighted by atomic mass is 16.5. The molecule has 1 N–H and O–H groups in total. The molecule has 0 amide bonds. The first-order chi connectivity index (χ1) is 10.1. The molecule has 4 heteroatoms. The van der Waals surface area contributed by atoms with Crippen LogP contribution in [0, 0.1) is 0 Å². The lowest BCUT2D eigenvalue weighted by Crippen LogP contribution is -2.05. The van der Waals surface area contributed by atoms with Crippen LogP contribution in [0.25, 0.3) is 0 Å². The number of unbranched alkanes of at least 4 members (excludes halogenated alkanes) is 7. The highest BCUT2D eigenvalue weighted by Crippen LogP contribution is 2.21. The molecule has 4 nitrogen and oxygen atoms in total. The summed E-state index contributed by atoms with van der Waals surface area (Å²) in [6.45, 7) is 2.79. The summed E-state index contributed by atoms with van der Waals surface area (Å²) in [4.78, 5) is 10.7. The number of benzene rings is 1. The van der Waals surface area contributed by atoms with Gasteiger partial charge in [-0.25, -0.2) is 4.79 Å². The van der Waals surface area contributed by atoms with Crippen LogP contribution in [-0.4, -0.2) is 17.7 Å². The molecule has 21 heavy (non-hydrogen) atoms. The lowest BCUT2D eigenvalue weighted by atomic mass is 10.1. The van der Waals surface area contributed by atoms with Crippen LogP contribution in [0.2, 0.25) is 0 Å². The number of rotatable bonds is 11. The Kier molecular flexibility index (Phi) is 8.32. The van der Waals surface area contributed by atoms with Crippen LogP contribution in [0.1, 0.15) is 68.6 Å². The zero-order valence-electron chi connectivity index (χ0n) is 12.8. The molecule has 1 aromatic rings. The van der Waals surface area contributed by atoms with Crippen molar-refractivity contribution in [2.75, 3.05) is 6.61 Å². The minimum Gasteiger partial charge on any atom is -0.872 e. The monoisotopic (exact) mass is 293 g/mol. The quantitative estimate of drug-likeness (QED) is 0.626. The molecule has 0 aliphatic heterocycles. The average Bonchev–Trinajstić information content (AvgIpc) is 2.45. The van der Waals surface area contributed by atoms with Crippen LogP contribution in [0.3, 0.4) is 0 Å². The maximum Gasteiger partial charge on any atom is 0.335 e. The first-order valence-corrected chi connectivity index (χ1v) is 7.82. The lowest BCUT2D eigenvalue weighted by molar-refractivity contribution is -0.268. The highest BCUT2D eigenvalue weighted by molar-refractivity contribution is 5.90. The van der Waals surface area contributed by atoms with Gasteiger partial charge < -0.3 is 14.9 Å². The van der Waals surface area contributed by atoms with Crippen molar-refractivity contribution in [1.29, 1.82) is 0 Å². The predicted octanol–water partition coefficient (Wildman–Crippen LogP) is 3.98. The number of hydrogen-bond acceptors (Lipinski definition) is 3. The Hall–Kier alpha value is -1.71. The normalized spacial score (nSPS) is 10.5. The molecule has 0 atom stereocenters. The summed E-state index contributed by atoms with van der Waals surface area (Å²) in [5.41, 5.74) is -0.213. The van der Waals surface area contributed by atoms with Gasteiger partial charge in [-0.05, 0) is 24.6 Å². The number of carboxylic acid groups (broad SMARTS) is 1. The van der Waals surface area contributed by atoms with Gasteiger partial charge in [0.05, 0.1) is 12.2 Å². The van der Waals surface area contributed by atoms with Crippen molar-refractivity contribution in [3.05, 3.63) is 23.8 Å². The van der Waals surface area contributed by atoms with E-state index < -0.39 is 11.7 Å². The van der Waals surface area contributed by atoms with E-state index in [1.165, 1.54) is 56.7 Å². The van der Waals surface area contributed by atoms with Crippen molar-refractivity contribution in [1.82, 2.24) is 0 Å². The number of aromatic carboxylic acids is 1. The molecule has 0 bridgehead atoms. The van der Waals surface area contributed by atoms with Gasteiger partial charge in [-0.3, -0.25) is 0 Å². The minimum absolute atomic E-state index is 0.213. The fourth-order valence-electron chi connectivity index (χ4n) is 2.20. The first kappa shape index (κ1) is 17.3. The molecule has 1 aromatic carbocycles. The SMILES string of the molecule is CCCCCCCCCCOc1ccc(C(=O)O)c([O-])c1. The molecule has 0 saturated carbocycles. The molecule has 0 radical (unpaired) electrons. The minimum atomic E-state index is -1.20. The number of ether oxygens (including phenoxy) is 1. The number of carboxylic acids is 1. The Morgan fingerprint density at radius 3 is 2.29 bits per heavy atom. The van der Waals surface area contributed by atoms with Gasteiger partial charge in [0.15, 0.2) is 0 Å². The first-order valence-electron chi connectivity index (χ1n) is 7.82. The molecule has 0 saturated heterocycles. The van der Waals surface area contributed by atoms with E-state index in [1.807, 2.05) is 0 Å². The van der Waals surface area contributed by atoms with E-state index in [2.05, 4.69) is 6.92 Å². The van der Waals surface area contributed by atoms with Gasteiger partial charge in [0, 0.05) is 0 Å². The summed E-state index contributed by atoms with van der Waals surface area (Å²) in [6, 6.07) is 4.08. The van der Waals surface area contributed by atoms with E-state index in [1.54, 1.807) is 0 Å². The molecule has 0 fully saturated rings. The Labute approximate surface area is 126 Å². The standard InChI is InChI=1S/C17H26O4/c1-2-3-4-5-6-7-8-9-12-21-14-10-11-15(17(19)20)16(18)13-14/h10-11,13,18H,2-9,12H2,1H3,(H,19,20)/p-1. The van der Waals surface area contributed by atoms with E-state index in [0.717, 1.165) is 12.8 Å². The fraction of sp³-hybridized carbons (Fsp3) is 0.588. The van der Waals surface area contributed by atoms with Crippen LogP contribution < -0.4 is 9.84 Å². The number of hydrogen-bond donors (Lipinski definition) is 1. The van der Waals surface area contributed by atoms with E-state index >= 15 is 0 Å². The Balaban J connectivity index is 2.13. The summed E-state index contributed by atoms with van der Waals surface area (Å²) in [6.07, 6.45) is 9.82. The topological polar surface area (TPSA) is 69.6 Å². The van der Waals surface area contributed by atoms with Crippen molar-refractivity contribution in [3.63, 3.8) is 0 Å². The number of carbonyl (C=O) groups is 1. The molecular weight excluding hydrogens is 268 g/mol. The molecule has 0 aliphatic rings. The Morgan fingerprint density at radius 1 is 1.10 bits per heavy atom. The molecule has 0 heterocycles. The smallest absolute Gasteiger partial charge is 0.335 e. The Morgan fingerprint density at radius 2 is 1.71 bits per heavy atom. The highest BCUT2D eigenvalue weighted by Gasteiger charge is 2.04. The average molecular weight is 293 g/mol. The molecule has 1 rings (SSSR count). The molecule has 0 unspecified atom stereocenters. The van der Waals surface area contributed by atoms with E-state index in [0.29, 0.717) is 12.4 Å². The molecule has 0 aliphatic carbocycles. The van der Waals surface area contributed by atoms with E-state index in [9.17, 15) is 9.90 Å². The zero-order valence-corrected chi connectivity index (χ0v) is 12.8. The second-order valence-electron chi connectivity index (χ2n) is 5.29. The zero-order chi connectivity index (χ0) is 15.5. The summed E-state index contributed by atoms with van der Waals surface area (Å²) in [5, 5.41) is 20.2. The van der Waals surface area contributed by atoms with Crippen molar-refractivity contribution < 1.29 is 19.7 Å². The van der Waals surface area contributed by atoms with Gasteiger partial charge in [-0.15, -0.1) is 0 Å². The van der Waals surface area contributed by atoms with Crippen molar-refractivity contribution in [2.24, 2.45) is 0 Å². The van der Waals surface area contributed by atoms with E-state index in [4.69, 9.17) is 9.84 Å². The second kappa shape index (κ2) is 10.1. The van der Waals surface area contributed by atoms with E-state index in [-0.39, 0.29) is 5.56 Å². The summed E-state index contributed by atoms with van der Waals surface area (Å²) < 4.78 is 5.47. The van der Waals surface area contributed by atoms with Gasteiger partial charge in [-0.2, -0.15) is 0 Å². The molecule has 0 aromatic heterocycles. The van der Waals surface area contributed by atoms with Crippen molar-refractivity contribution >= 4 is 5.97 Å². The molecular formula is C17H25O4-. The predicted molar refractivity (Wildman–Crippen MR) is 81.0 cm³/mol. The van der Waals surface area contributed by atoms with Crippen LogP contribution >= 0.6 is 0 Å². The molecule has 118 valence electrons. The van der Waals surface area contributed by atoms with Crippen LogP contribution in [0.4, 0.5) is 0 Å². The van der Waals surface area contributed by atoms with Gasteiger partial charge in [-0.1, -0.05) is 57.6 Å². The van der Waals surface area contributed by atoms with Crippen LogP contribution in [-0.2, 0) is 0 Å². The van der Waals surface area contributed by atoms with Gasteiger partial charge >= 0.3 is 5.97 Å². The van der Waals surface area contributed by atoms with Crippen LogP contribution in [0.5, 0.6) is 11.5 Å². The van der Waals surface area contributed by atoms with Crippen molar-refractivity contribution in [3.8, 4) is 11.5 Å². The third kappa shape index (κ3) is 7.02. The third-order valence-corrected chi connectivity index (χ3v) is 3.45.